The average molecular weight is 186 g/mol. The van der Waals surface area contributed by atoms with Crippen molar-refractivity contribution in [1.29, 1.82) is 0 Å². The molecule has 0 radical (unpaired) electrons. The van der Waals surface area contributed by atoms with Crippen LogP contribution in [0, 0.1) is 0 Å². The standard InChI is InChI=1S/C8H14N2OS/c1-9(7-2-3-7)6-10-4-5-11-8(10)12/h7H,2-6H2,1H3. The monoisotopic (exact) mass is 186 g/mol. The van der Waals surface area contributed by atoms with Crippen LogP contribution in [-0.2, 0) is 4.74 Å². The van der Waals surface area contributed by atoms with E-state index in [4.69, 9.17) is 17.0 Å². The molecule has 12 heavy (non-hydrogen) atoms. The Morgan fingerprint density at radius 2 is 2.42 bits per heavy atom. The number of thiocarbonyl (C=S) groups is 1. The molecule has 3 nitrogen and oxygen atoms in total. The molecule has 0 spiro atoms. The molecule has 0 unspecified atom stereocenters. The van der Waals surface area contributed by atoms with E-state index < -0.39 is 0 Å². The zero-order valence-electron chi connectivity index (χ0n) is 7.32. The van der Waals surface area contributed by atoms with Crippen LogP contribution >= 0.6 is 12.2 Å². The molecule has 1 saturated carbocycles. The van der Waals surface area contributed by atoms with Crippen LogP contribution in [0.4, 0.5) is 0 Å². The third-order valence-electron chi connectivity index (χ3n) is 2.41. The fourth-order valence-electron chi connectivity index (χ4n) is 1.45. The van der Waals surface area contributed by atoms with Crippen LogP contribution in [0.15, 0.2) is 0 Å². The van der Waals surface area contributed by atoms with E-state index in [1.807, 2.05) is 0 Å². The molecule has 2 fully saturated rings. The molecular weight excluding hydrogens is 172 g/mol. The SMILES string of the molecule is CN(CN1CCOC1=S)C1CC1. The molecular formula is C8H14N2OS. The van der Waals surface area contributed by atoms with Gasteiger partial charge >= 0.3 is 0 Å². The molecule has 0 aromatic heterocycles. The maximum atomic E-state index is 5.20. The summed E-state index contributed by atoms with van der Waals surface area (Å²) >= 11 is 5.04. The molecule has 68 valence electrons. The van der Waals surface area contributed by atoms with Crippen LogP contribution in [0.5, 0.6) is 0 Å². The summed E-state index contributed by atoms with van der Waals surface area (Å²) in [5.74, 6) is 0. The Balaban J connectivity index is 1.80. The second-order valence-corrected chi connectivity index (χ2v) is 3.86. The Morgan fingerprint density at radius 3 is 2.92 bits per heavy atom. The van der Waals surface area contributed by atoms with Gasteiger partial charge in [0.25, 0.3) is 5.17 Å². The van der Waals surface area contributed by atoms with E-state index in [9.17, 15) is 0 Å². The van der Waals surface area contributed by atoms with Crippen molar-refractivity contribution in [1.82, 2.24) is 9.80 Å². The third-order valence-corrected chi connectivity index (χ3v) is 2.78. The van der Waals surface area contributed by atoms with Gasteiger partial charge in [0.05, 0.1) is 13.2 Å². The smallest absolute Gasteiger partial charge is 0.260 e. The molecule has 2 aliphatic rings. The highest BCUT2D eigenvalue weighted by molar-refractivity contribution is 7.80. The highest BCUT2D eigenvalue weighted by Crippen LogP contribution is 2.25. The van der Waals surface area contributed by atoms with Crippen molar-refractivity contribution in [3.8, 4) is 0 Å². The predicted molar refractivity (Wildman–Crippen MR) is 50.9 cm³/mol. The molecule has 1 heterocycles. The van der Waals surface area contributed by atoms with E-state index in [-0.39, 0.29) is 0 Å². The topological polar surface area (TPSA) is 15.7 Å². The lowest BCUT2D eigenvalue weighted by molar-refractivity contribution is 0.227. The van der Waals surface area contributed by atoms with Gasteiger partial charge < -0.3 is 9.64 Å². The van der Waals surface area contributed by atoms with Gasteiger partial charge in [0.15, 0.2) is 0 Å². The van der Waals surface area contributed by atoms with Gasteiger partial charge in [-0.05, 0) is 32.1 Å². The molecule has 1 saturated heterocycles. The summed E-state index contributed by atoms with van der Waals surface area (Å²) in [6.45, 7) is 2.65. The highest BCUT2D eigenvalue weighted by Gasteiger charge is 2.29. The minimum absolute atomic E-state index is 0.669. The first-order valence-electron chi connectivity index (χ1n) is 4.39. The van der Waals surface area contributed by atoms with Crippen molar-refractivity contribution in [3.05, 3.63) is 0 Å². The molecule has 0 aromatic rings. The van der Waals surface area contributed by atoms with Crippen LogP contribution in [0.25, 0.3) is 0 Å². The van der Waals surface area contributed by atoms with Gasteiger partial charge in [0.2, 0.25) is 0 Å². The van der Waals surface area contributed by atoms with Gasteiger partial charge in [-0.3, -0.25) is 4.90 Å². The van der Waals surface area contributed by atoms with Crippen LogP contribution in [0.3, 0.4) is 0 Å². The quantitative estimate of drug-likeness (QED) is 0.601. The fourth-order valence-corrected chi connectivity index (χ4v) is 1.69. The van der Waals surface area contributed by atoms with E-state index in [1.165, 1.54) is 12.8 Å². The first-order chi connectivity index (χ1) is 5.77. The molecule has 0 aromatic carbocycles. The molecule has 0 atom stereocenters. The summed E-state index contributed by atoms with van der Waals surface area (Å²) in [5.41, 5.74) is 0. The van der Waals surface area contributed by atoms with Gasteiger partial charge in [-0.1, -0.05) is 0 Å². The van der Waals surface area contributed by atoms with Crippen LogP contribution in [-0.4, -0.2) is 47.9 Å². The van der Waals surface area contributed by atoms with E-state index >= 15 is 0 Å². The molecule has 0 N–H and O–H groups in total. The molecule has 1 aliphatic carbocycles. The van der Waals surface area contributed by atoms with Crippen molar-refractivity contribution in [3.63, 3.8) is 0 Å². The van der Waals surface area contributed by atoms with Crippen molar-refractivity contribution in [2.75, 3.05) is 26.9 Å². The Bertz CT molecular complexity index is 193. The summed E-state index contributed by atoms with van der Waals surface area (Å²) in [7, 11) is 2.15. The second-order valence-electron chi connectivity index (χ2n) is 3.51. The first-order valence-corrected chi connectivity index (χ1v) is 4.80. The van der Waals surface area contributed by atoms with Crippen LogP contribution in [0.1, 0.15) is 12.8 Å². The molecule has 1 aliphatic heterocycles. The largest absolute Gasteiger partial charge is 0.469 e. The van der Waals surface area contributed by atoms with Crippen LogP contribution in [0.2, 0.25) is 0 Å². The Hall–Kier alpha value is -0.350. The van der Waals surface area contributed by atoms with Gasteiger partial charge in [-0.15, -0.1) is 0 Å². The Morgan fingerprint density at radius 1 is 1.67 bits per heavy atom. The van der Waals surface area contributed by atoms with E-state index in [0.29, 0.717) is 5.17 Å². The number of rotatable bonds is 3. The molecule has 4 heteroatoms. The van der Waals surface area contributed by atoms with E-state index in [0.717, 1.165) is 25.9 Å². The lowest BCUT2D eigenvalue weighted by Crippen LogP contribution is -2.37. The lowest BCUT2D eigenvalue weighted by atomic mass is 10.5. The van der Waals surface area contributed by atoms with E-state index in [2.05, 4.69) is 16.8 Å². The number of ether oxygens (including phenoxy) is 1. The van der Waals surface area contributed by atoms with Gasteiger partial charge in [0, 0.05) is 6.04 Å². The maximum absolute atomic E-state index is 5.20. The number of hydrogen-bond acceptors (Lipinski definition) is 3. The van der Waals surface area contributed by atoms with Crippen LogP contribution < -0.4 is 0 Å². The van der Waals surface area contributed by atoms with E-state index in [1.54, 1.807) is 0 Å². The normalized spacial score (nSPS) is 23.5. The third kappa shape index (κ3) is 1.69. The minimum Gasteiger partial charge on any atom is -0.469 e. The zero-order valence-corrected chi connectivity index (χ0v) is 8.14. The number of nitrogens with zero attached hydrogens (tertiary/aromatic N) is 2. The highest BCUT2D eigenvalue weighted by atomic mass is 32.1. The summed E-state index contributed by atoms with van der Waals surface area (Å²) in [5, 5.41) is 0.669. The average Bonchev–Trinajstić information content (AvgIpc) is 2.80. The second kappa shape index (κ2) is 3.18. The predicted octanol–water partition coefficient (Wildman–Crippen LogP) is 0.655. The van der Waals surface area contributed by atoms with Gasteiger partial charge in [-0.25, -0.2) is 0 Å². The van der Waals surface area contributed by atoms with Crippen molar-refractivity contribution >= 4 is 17.4 Å². The minimum atomic E-state index is 0.669. The Labute approximate surface area is 78.3 Å². The molecule has 0 bridgehead atoms. The van der Waals surface area contributed by atoms with Crippen molar-refractivity contribution in [2.45, 2.75) is 18.9 Å². The molecule has 2 rings (SSSR count). The van der Waals surface area contributed by atoms with Gasteiger partial charge in [0.1, 0.15) is 6.61 Å². The summed E-state index contributed by atoms with van der Waals surface area (Å²) in [6, 6.07) is 0.799. The lowest BCUT2D eigenvalue weighted by Gasteiger charge is -2.23. The summed E-state index contributed by atoms with van der Waals surface area (Å²) < 4.78 is 5.20. The van der Waals surface area contributed by atoms with Crippen molar-refractivity contribution in [2.24, 2.45) is 0 Å². The summed E-state index contributed by atoms with van der Waals surface area (Å²) in [4.78, 5) is 4.47. The Kier molecular flexibility index (Phi) is 2.19. The number of hydrogen-bond donors (Lipinski definition) is 0. The van der Waals surface area contributed by atoms with Gasteiger partial charge in [-0.2, -0.15) is 0 Å². The zero-order chi connectivity index (χ0) is 8.55. The maximum Gasteiger partial charge on any atom is 0.260 e. The first kappa shape index (κ1) is 8.26. The van der Waals surface area contributed by atoms with Crippen molar-refractivity contribution < 1.29 is 4.74 Å². The molecule has 0 amide bonds. The summed E-state index contributed by atoms with van der Waals surface area (Å²) in [6.07, 6.45) is 2.69. The fraction of sp³-hybridized carbons (Fsp3) is 0.875.